The second-order valence-corrected chi connectivity index (χ2v) is 1.52. The molecule has 0 atom stereocenters. The van der Waals surface area contributed by atoms with Gasteiger partial charge in [0.05, 0.1) is 6.20 Å². The first-order chi connectivity index (χ1) is 5.23. The van der Waals surface area contributed by atoms with Gasteiger partial charge in [-0.25, -0.2) is 4.98 Å². The van der Waals surface area contributed by atoms with Crippen LogP contribution in [0.1, 0.15) is 0 Å². The van der Waals surface area contributed by atoms with Gasteiger partial charge in [0.15, 0.2) is 6.39 Å². The van der Waals surface area contributed by atoms with E-state index in [0.717, 1.165) is 0 Å². The average molecular weight is 217 g/mol. The van der Waals surface area contributed by atoms with Gasteiger partial charge in [0.1, 0.15) is 6.26 Å². The topological polar surface area (TPSA) is 83.6 Å². The van der Waals surface area contributed by atoms with Gasteiger partial charge < -0.3 is 14.2 Å². The highest BCUT2D eigenvalue weighted by Gasteiger charge is 1.61. The molecule has 0 bridgehead atoms. The minimum Gasteiger partial charge on any atom is -0.452 e. The lowest BCUT2D eigenvalue weighted by Gasteiger charge is -1.61. The Bertz CT molecular complexity index is 137. The molecule has 0 aromatic carbocycles. The van der Waals surface area contributed by atoms with Crippen LogP contribution in [0.15, 0.2) is 23.3 Å². The Morgan fingerprint density at radius 1 is 1.45 bits per heavy atom. The first-order valence-corrected chi connectivity index (χ1v) is 5.08. The molecule has 1 aromatic rings. The minimum atomic E-state index is -3.13. The quantitative estimate of drug-likeness (QED) is 0.293. The van der Waals surface area contributed by atoms with Crippen molar-refractivity contribution in [2.45, 2.75) is 0 Å². The lowest BCUT2D eigenvalue weighted by Crippen LogP contribution is -1.38. The van der Waals surface area contributed by atoms with Gasteiger partial charge in [-0.15, -0.1) is 23.3 Å². The van der Waals surface area contributed by atoms with Crippen molar-refractivity contribution in [2.24, 2.45) is 0 Å². The SMILES string of the molecule is O=[PH](O)O.SS.c1cocn1. The largest absolute Gasteiger partial charge is 0.452 e. The molecule has 0 saturated heterocycles. The molecular weight excluding hydrogens is 209 g/mol. The Hall–Kier alpha value is 0.0600. The van der Waals surface area contributed by atoms with E-state index in [-0.39, 0.29) is 0 Å². The van der Waals surface area contributed by atoms with E-state index in [1.165, 1.54) is 12.7 Å². The highest BCUT2D eigenvalue weighted by Crippen LogP contribution is 1.98. The van der Waals surface area contributed by atoms with Crippen molar-refractivity contribution in [3.8, 4) is 0 Å². The highest BCUT2D eigenvalue weighted by molar-refractivity contribution is 8.59. The second kappa shape index (κ2) is 12.7. The Kier molecular flexibility index (Phi) is 15.8. The van der Waals surface area contributed by atoms with E-state index in [1.807, 2.05) is 0 Å². The third-order valence-electron chi connectivity index (χ3n) is 0.347. The maximum atomic E-state index is 8.74. The molecule has 8 heteroatoms. The van der Waals surface area contributed by atoms with Gasteiger partial charge in [0.25, 0.3) is 0 Å². The molecule has 0 amide bonds. The fourth-order valence-corrected chi connectivity index (χ4v) is 0.176. The van der Waals surface area contributed by atoms with Crippen LogP contribution in [-0.4, -0.2) is 14.8 Å². The fraction of sp³-hybridized carbons (Fsp3) is 0. The van der Waals surface area contributed by atoms with E-state index in [9.17, 15) is 0 Å². The van der Waals surface area contributed by atoms with E-state index < -0.39 is 8.25 Å². The van der Waals surface area contributed by atoms with Gasteiger partial charge in [0.2, 0.25) is 0 Å². The summed E-state index contributed by atoms with van der Waals surface area (Å²) in [5.41, 5.74) is 0. The number of rotatable bonds is 0. The summed E-state index contributed by atoms with van der Waals surface area (Å²) in [4.78, 5) is 17.9. The number of hydrogen-bond donors (Lipinski definition) is 4. The molecule has 0 fully saturated rings. The monoisotopic (exact) mass is 217 g/mol. The zero-order valence-corrected chi connectivity index (χ0v) is 8.07. The van der Waals surface area contributed by atoms with Crippen LogP contribution < -0.4 is 0 Å². The van der Waals surface area contributed by atoms with Gasteiger partial charge in [0, 0.05) is 0 Å². The lowest BCUT2D eigenvalue weighted by molar-refractivity contribution is 0.405. The first kappa shape index (κ1) is 13.6. The summed E-state index contributed by atoms with van der Waals surface area (Å²) in [6.07, 6.45) is 4.47. The van der Waals surface area contributed by atoms with Crippen LogP contribution in [0.4, 0.5) is 0 Å². The smallest absolute Gasteiger partial charge is 0.314 e. The van der Waals surface area contributed by atoms with Crippen molar-refractivity contribution in [3.05, 3.63) is 18.9 Å². The maximum Gasteiger partial charge on any atom is 0.314 e. The Morgan fingerprint density at radius 2 is 1.91 bits per heavy atom. The van der Waals surface area contributed by atoms with Gasteiger partial charge in [-0.3, -0.25) is 4.57 Å². The number of thiol groups is 2. The predicted molar refractivity (Wildman–Crippen MR) is 47.9 cm³/mol. The molecule has 0 radical (unpaired) electrons. The Balaban J connectivity index is 0. The summed E-state index contributed by atoms with van der Waals surface area (Å²) < 4.78 is 13.2. The Labute approximate surface area is 74.6 Å². The molecular formula is C3H8NO4PS2. The lowest BCUT2D eigenvalue weighted by atomic mass is 11.0. The van der Waals surface area contributed by atoms with Crippen LogP contribution in [-0.2, 0) is 4.57 Å². The summed E-state index contributed by atoms with van der Waals surface area (Å²) >= 11 is 6.44. The van der Waals surface area contributed by atoms with Crippen molar-refractivity contribution in [1.29, 1.82) is 0 Å². The fourth-order valence-electron chi connectivity index (χ4n) is 0.176. The molecule has 0 unspecified atom stereocenters. The third kappa shape index (κ3) is 25.5. The van der Waals surface area contributed by atoms with Gasteiger partial charge in [-0.2, -0.15) is 0 Å². The molecule has 1 aromatic heterocycles. The molecule has 2 N–H and O–H groups in total. The van der Waals surface area contributed by atoms with Crippen molar-refractivity contribution >= 4 is 31.6 Å². The van der Waals surface area contributed by atoms with Gasteiger partial charge in [-0.05, 0) is 0 Å². The van der Waals surface area contributed by atoms with Crippen LogP contribution in [0.25, 0.3) is 0 Å². The zero-order chi connectivity index (χ0) is 9.11. The van der Waals surface area contributed by atoms with Crippen molar-refractivity contribution in [3.63, 3.8) is 0 Å². The molecule has 0 aliphatic rings. The van der Waals surface area contributed by atoms with Crippen molar-refractivity contribution in [2.75, 3.05) is 0 Å². The van der Waals surface area contributed by atoms with Crippen LogP contribution >= 0.6 is 31.6 Å². The predicted octanol–water partition coefficient (Wildman–Crippen LogP) is 0.796. The standard InChI is InChI=1S/C3H3NO.H3O3P.H2S2/c1-2-5-3-4-1;1-4(2)3;1-2/h1-3H;4H,(H2,1,2,3);1-2H. The number of aromatic nitrogens is 1. The van der Waals surface area contributed by atoms with Crippen LogP contribution in [0.5, 0.6) is 0 Å². The third-order valence-corrected chi connectivity index (χ3v) is 0.347. The van der Waals surface area contributed by atoms with E-state index in [2.05, 4.69) is 32.7 Å². The summed E-state index contributed by atoms with van der Waals surface area (Å²) in [6.45, 7) is 0. The molecule has 0 aliphatic carbocycles. The van der Waals surface area contributed by atoms with Gasteiger partial charge in [-0.1, -0.05) is 0 Å². The molecule has 66 valence electrons. The molecule has 0 spiro atoms. The number of oxazole rings is 1. The van der Waals surface area contributed by atoms with E-state index in [4.69, 9.17) is 14.4 Å². The zero-order valence-electron chi connectivity index (χ0n) is 5.28. The molecule has 5 nitrogen and oxygen atoms in total. The van der Waals surface area contributed by atoms with Crippen LogP contribution in [0, 0.1) is 0 Å². The average Bonchev–Trinajstić information content (AvgIpc) is 2.44. The molecule has 0 aliphatic heterocycles. The Morgan fingerprint density at radius 3 is 2.00 bits per heavy atom. The summed E-state index contributed by atoms with van der Waals surface area (Å²) in [6, 6.07) is 0. The minimum absolute atomic E-state index is 1.38. The van der Waals surface area contributed by atoms with Crippen LogP contribution in [0.3, 0.4) is 0 Å². The van der Waals surface area contributed by atoms with Gasteiger partial charge >= 0.3 is 8.25 Å². The second-order valence-electron chi connectivity index (χ2n) is 0.958. The number of nitrogens with zero attached hydrogens (tertiary/aromatic N) is 1. The van der Waals surface area contributed by atoms with E-state index in [0.29, 0.717) is 0 Å². The van der Waals surface area contributed by atoms with Crippen molar-refractivity contribution in [1.82, 2.24) is 4.98 Å². The molecule has 1 heterocycles. The first-order valence-electron chi connectivity index (χ1n) is 2.17. The van der Waals surface area contributed by atoms with Crippen molar-refractivity contribution < 1.29 is 18.8 Å². The maximum absolute atomic E-state index is 8.74. The normalized spacial score (nSPS) is 7.36. The summed E-state index contributed by atoms with van der Waals surface area (Å²) in [7, 11) is -3.13. The number of hydrogen-bond acceptors (Lipinski definition) is 5. The molecule has 0 saturated carbocycles. The van der Waals surface area contributed by atoms with E-state index in [1.54, 1.807) is 6.20 Å². The molecule has 1 rings (SSSR count). The highest BCUT2D eigenvalue weighted by atomic mass is 33.1. The van der Waals surface area contributed by atoms with E-state index >= 15 is 0 Å². The summed E-state index contributed by atoms with van der Waals surface area (Å²) in [5, 5.41) is 0. The summed E-state index contributed by atoms with van der Waals surface area (Å²) in [5.74, 6) is 0. The molecule has 11 heavy (non-hydrogen) atoms. The van der Waals surface area contributed by atoms with Crippen LogP contribution in [0.2, 0.25) is 0 Å².